The molecule has 0 unspecified atom stereocenters. The zero-order chi connectivity index (χ0) is 22.7. The molecular weight excluding hydrogens is 421 g/mol. The summed E-state index contributed by atoms with van der Waals surface area (Å²) in [6.45, 7) is 2.57. The number of halogens is 3. The summed E-state index contributed by atoms with van der Waals surface area (Å²) in [6, 6.07) is 6.96. The second kappa shape index (κ2) is 9.81. The van der Waals surface area contributed by atoms with Crippen molar-refractivity contribution in [2.75, 3.05) is 33.3 Å². The average molecular weight is 448 g/mol. The monoisotopic (exact) mass is 448 g/mol. The quantitative estimate of drug-likeness (QED) is 0.615. The van der Waals surface area contributed by atoms with Crippen LogP contribution in [0.2, 0.25) is 0 Å². The molecule has 2 aromatic carbocycles. The van der Waals surface area contributed by atoms with Gasteiger partial charge in [-0.2, -0.15) is 0 Å². The second-order valence-electron chi connectivity index (χ2n) is 8.28. The Morgan fingerprint density at radius 1 is 1.00 bits per heavy atom. The fourth-order valence-electron chi connectivity index (χ4n) is 4.30. The first-order valence-electron chi connectivity index (χ1n) is 10.9. The Kier molecular flexibility index (Phi) is 6.89. The van der Waals surface area contributed by atoms with Crippen molar-refractivity contribution >= 4 is 5.91 Å². The van der Waals surface area contributed by atoms with Crippen molar-refractivity contribution in [3.63, 3.8) is 0 Å². The van der Waals surface area contributed by atoms with Crippen LogP contribution in [0.1, 0.15) is 41.6 Å². The summed E-state index contributed by atoms with van der Waals surface area (Å²) in [5.41, 5.74) is 0.259. The number of hydrogen-bond donors (Lipinski definition) is 0. The maximum Gasteiger partial charge on any atom is 0.257 e. The van der Waals surface area contributed by atoms with Gasteiger partial charge in [-0.15, -0.1) is 0 Å². The van der Waals surface area contributed by atoms with E-state index in [4.69, 9.17) is 9.47 Å². The molecule has 0 saturated carbocycles. The van der Waals surface area contributed by atoms with Crippen molar-refractivity contribution in [3.8, 4) is 11.5 Å². The van der Waals surface area contributed by atoms with Crippen molar-refractivity contribution < 1.29 is 27.4 Å². The lowest BCUT2D eigenvalue weighted by Gasteiger charge is -2.32. The number of nitrogens with zero attached hydrogens (tertiary/aromatic N) is 2. The van der Waals surface area contributed by atoms with E-state index in [2.05, 4.69) is 0 Å². The Labute approximate surface area is 185 Å². The maximum atomic E-state index is 14.0. The summed E-state index contributed by atoms with van der Waals surface area (Å²) in [6.07, 6.45) is 3.09. The number of likely N-dealkylation sites (tertiary alicyclic amines) is 2. The molecule has 2 saturated heterocycles. The summed E-state index contributed by atoms with van der Waals surface area (Å²) in [5, 5.41) is 0. The van der Waals surface area contributed by atoms with Gasteiger partial charge in [0.15, 0.2) is 11.6 Å². The third kappa shape index (κ3) is 4.85. The lowest BCUT2D eigenvalue weighted by atomic mass is 10.1. The third-order valence-corrected chi connectivity index (χ3v) is 6.16. The topological polar surface area (TPSA) is 42.0 Å². The van der Waals surface area contributed by atoms with Crippen LogP contribution in [0.25, 0.3) is 0 Å². The Morgan fingerprint density at radius 2 is 1.69 bits per heavy atom. The van der Waals surface area contributed by atoms with Crippen LogP contribution in [0, 0.1) is 17.5 Å². The molecule has 0 spiro atoms. The van der Waals surface area contributed by atoms with Crippen LogP contribution < -0.4 is 9.47 Å². The molecule has 2 aliphatic rings. The third-order valence-electron chi connectivity index (χ3n) is 6.16. The van der Waals surface area contributed by atoms with E-state index in [1.54, 1.807) is 25.3 Å². The molecule has 0 radical (unpaired) electrons. The number of carbonyl (C=O) groups excluding carboxylic acids is 1. The van der Waals surface area contributed by atoms with Gasteiger partial charge >= 0.3 is 0 Å². The molecule has 32 heavy (non-hydrogen) atoms. The molecule has 2 aromatic rings. The Bertz CT molecular complexity index is 971. The van der Waals surface area contributed by atoms with Gasteiger partial charge in [-0.05, 0) is 49.9 Å². The van der Waals surface area contributed by atoms with Gasteiger partial charge in [-0.1, -0.05) is 0 Å². The predicted molar refractivity (Wildman–Crippen MR) is 113 cm³/mol. The van der Waals surface area contributed by atoms with Crippen LogP contribution in [0.3, 0.4) is 0 Å². The number of piperidine rings is 1. The number of benzene rings is 2. The maximum absolute atomic E-state index is 14.0. The van der Waals surface area contributed by atoms with Gasteiger partial charge in [0.1, 0.15) is 23.4 Å². The summed E-state index contributed by atoms with van der Waals surface area (Å²) in [4.78, 5) is 16.7. The first-order valence-corrected chi connectivity index (χ1v) is 10.9. The molecule has 5 nitrogen and oxygen atoms in total. The minimum atomic E-state index is -1.13. The van der Waals surface area contributed by atoms with Gasteiger partial charge in [0.25, 0.3) is 5.91 Å². The molecule has 2 aliphatic heterocycles. The van der Waals surface area contributed by atoms with Gasteiger partial charge in [-0.25, -0.2) is 13.2 Å². The lowest BCUT2D eigenvalue weighted by molar-refractivity contribution is 0.0763. The largest absolute Gasteiger partial charge is 0.497 e. The first kappa shape index (κ1) is 22.5. The van der Waals surface area contributed by atoms with E-state index in [9.17, 15) is 18.0 Å². The molecular formula is C24H27F3N2O3. The minimum absolute atomic E-state index is 0.00000242. The number of hydrogen-bond acceptors (Lipinski definition) is 4. The van der Waals surface area contributed by atoms with Crippen LogP contribution >= 0.6 is 0 Å². The van der Waals surface area contributed by atoms with E-state index in [1.807, 2.05) is 9.80 Å². The number of ether oxygens (including phenoxy) is 2. The van der Waals surface area contributed by atoms with Crippen LogP contribution in [0.4, 0.5) is 13.2 Å². The van der Waals surface area contributed by atoms with E-state index in [0.717, 1.165) is 38.1 Å². The van der Waals surface area contributed by atoms with Crippen molar-refractivity contribution in [1.82, 2.24) is 9.80 Å². The molecule has 0 N–H and O–H groups in total. The Hall–Kier alpha value is -2.74. The van der Waals surface area contributed by atoms with Crippen molar-refractivity contribution in [2.24, 2.45) is 0 Å². The van der Waals surface area contributed by atoms with Gasteiger partial charge in [-0.3, -0.25) is 9.69 Å². The summed E-state index contributed by atoms with van der Waals surface area (Å²) < 4.78 is 52.9. The summed E-state index contributed by atoms with van der Waals surface area (Å²) in [5.74, 6) is -1.88. The molecule has 4 rings (SSSR count). The molecule has 172 valence electrons. The van der Waals surface area contributed by atoms with Gasteiger partial charge in [0.05, 0.1) is 12.7 Å². The molecule has 2 heterocycles. The average Bonchev–Trinajstić information content (AvgIpc) is 3.35. The van der Waals surface area contributed by atoms with Gasteiger partial charge in [0.2, 0.25) is 0 Å². The van der Waals surface area contributed by atoms with Crippen molar-refractivity contribution in [3.05, 3.63) is 58.9 Å². The minimum Gasteiger partial charge on any atom is -0.497 e. The molecule has 0 bridgehead atoms. The number of rotatable bonds is 6. The molecule has 0 aliphatic carbocycles. The SMILES string of the molecule is COc1ccc(C(=O)N2CCCC2)c(OC2CCN(Cc3c(F)ccc(F)c3F)CC2)c1. The van der Waals surface area contributed by atoms with Crippen LogP contribution in [-0.2, 0) is 6.54 Å². The van der Waals surface area contributed by atoms with Crippen LogP contribution in [0.15, 0.2) is 30.3 Å². The fraction of sp³-hybridized carbons (Fsp3) is 0.458. The number of amides is 1. The van der Waals surface area contributed by atoms with Crippen molar-refractivity contribution in [1.29, 1.82) is 0 Å². The number of carbonyl (C=O) groups is 1. The van der Waals surface area contributed by atoms with E-state index in [0.29, 0.717) is 43.0 Å². The standard InChI is InChI=1S/C24H27F3N2O3/c1-31-17-4-5-18(24(30)29-10-2-3-11-29)22(14-17)32-16-8-12-28(13-9-16)15-19-20(25)6-7-21(26)23(19)27/h4-7,14,16H,2-3,8-13,15H2,1H3. The van der Waals surface area contributed by atoms with E-state index < -0.39 is 17.5 Å². The fourth-order valence-corrected chi connectivity index (χ4v) is 4.30. The van der Waals surface area contributed by atoms with Gasteiger partial charge in [0, 0.05) is 44.4 Å². The second-order valence-corrected chi connectivity index (χ2v) is 8.28. The van der Waals surface area contributed by atoms with E-state index in [-0.39, 0.29) is 24.1 Å². The molecule has 8 heteroatoms. The normalized spacial score (nSPS) is 17.6. The zero-order valence-electron chi connectivity index (χ0n) is 18.1. The van der Waals surface area contributed by atoms with Gasteiger partial charge < -0.3 is 14.4 Å². The number of methoxy groups -OCH3 is 1. The highest BCUT2D eigenvalue weighted by Gasteiger charge is 2.27. The first-order chi connectivity index (χ1) is 15.5. The lowest BCUT2D eigenvalue weighted by Crippen LogP contribution is -2.38. The molecule has 0 aromatic heterocycles. The molecule has 2 fully saturated rings. The highest BCUT2D eigenvalue weighted by Crippen LogP contribution is 2.30. The molecule has 0 atom stereocenters. The highest BCUT2D eigenvalue weighted by molar-refractivity contribution is 5.97. The van der Waals surface area contributed by atoms with Crippen LogP contribution in [0.5, 0.6) is 11.5 Å². The summed E-state index contributed by atoms with van der Waals surface area (Å²) in [7, 11) is 1.56. The summed E-state index contributed by atoms with van der Waals surface area (Å²) >= 11 is 0. The Balaban J connectivity index is 1.42. The zero-order valence-corrected chi connectivity index (χ0v) is 18.1. The van der Waals surface area contributed by atoms with Crippen LogP contribution in [-0.4, -0.2) is 55.1 Å². The van der Waals surface area contributed by atoms with E-state index >= 15 is 0 Å². The molecule has 1 amide bonds. The predicted octanol–water partition coefficient (Wildman–Crippen LogP) is 4.39. The van der Waals surface area contributed by atoms with Crippen molar-refractivity contribution in [2.45, 2.75) is 38.3 Å². The highest BCUT2D eigenvalue weighted by atomic mass is 19.2. The van der Waals surface area contributed by atoms with E-state index in [1.165, 1.54) is 0 Å². The Morgan fingerprint density at radius 3 is 2.38 bits per heavy atom. The smallest absolute Gasteiger partial charge is 0.257 e.